The topological polar surface area (TPSA) is 26.0 Å². The lowest BCUT2D eigenvalue weighted by molar-refractivity contribution is -0.137. The highest BCUT2D eigenvalue weighted by atomic mass is 32.1. The second-order valence-corrected chi connectivity index (χ2v) is 5.35. The van der Waals surface area contributed by atoms with E-state index in [0.717, 1.165) is 12.1 Å². The van der Waals surface area contributed by atoms with Crippen LogP contribution in [0.3, 0.4) is 0 Å². The van der Waals surface area contributed by atoms with Crippen LogP contribution in [0.5, 0.6) is 0 Å². The maximum absolute atomic E-state index is 12.7. The largest absolute Gasteiger partial charge is 0.416 e. The van der Waals surface area contributed by atoms with Crippen molar-refractivity contribution >= 4 is 17.2 Å². The third-order valence-corrected chi connectivity index (χ3v) is 2.65. The van der Waals surface area contributed by atoms with Crippen molar-refractivity contribution in [2.75, 3.05) is 0 Å². The summed E-state index contributed by atoms with van der Waals surface area (Å²) in [5.74, 6) is 0. The van der Waals surface area contributed by atoms with Gasteiger partial charge in [0.2, 0.25) is 0 Å². The quantitative estimate of drug-likeness (QED) is 0.781. The number of thiocarbonyl (C=S) groups is 1. The Kier molecular flexibility index (Phi) is 3.52. The molecular weight excluding hydrogens is 247 g/mol. The van der Waals surface area contributed by atoms with E-state index in [-0.39, 0.29) is 16.0 Å². The minimum absolute atomic E-state index is 0.0263. The predicted molar refractivity (Wildman–Crippen MR) is 66.0 cm³/mol. The molecule has 0 bridgehead atoms. The van der Waals surface area contributed by atoms with Crippen LogP contribution >= 0.6 is 12.2 Å². The second-order valence-electron chi connectivity index (χ2n) is 4.91. The highest BCUT2D eigenvalue weighted by Crippen LogP contribution is 2.33. The van der Waals surface area contributed by atoms with Gasteiger partial charge in [-0.15, -0.1) is 0 Å². The molecule has 0 amide bonds. The zero-order valence-electron chi connectivity index (χ0n) is 9.85. The average Bonchev–Trinajstić information content (AvgIpc) is 2.14. The third kappa shape index (κ3) is 3.43. The molecule has 0 saturated carbocycles. The van der Waals surface area contributed by atoms with Gasteiger partial charge in [-0.2, -0.15) is 13.2 Å². The minimum Gasteiger partial charge on any atom is -0.389 e. The summed E-state index contributed by atoms with van der Waals surface area (Å²) in [6, 6.07) is 3.73. The first kappa shape index (κ1) is 14.0. The molecule has 0 aromatic heterocycles. The summed E-state index contributed by atoms with van der Waals surface area (Å²) in [7, 11) is 0. The van der Waals surface area contributed by atoms with Crippen LogP contribution in [0.2, 0.25) is 0 Å². The van der Waals surface area contributed by atoms with Gasteiger partial charge in [0, 0.05) is 5.56 Å². The molecule has 2 N–H and O–H groups in total. The van der Waals surface area contributed by atoms with E-state index in [1.807, 2.05) is 20.8 Å². The zero-order valence-corrected chi connectivity index (χ0v) is 10.7. The van der Waals surface area contributed by atoms with Gasteiger partial charge in [0.25, 0.3) is 0 Å². The smallest absolute Gasteiger partial charge is 0.389 e. The second kappa shape index (κ2) is 4.29. The van der Waals surface area contributed by atoms with E-state index in [0.29, 0.717) is 5.56 Å². The van der Waals surface area contributed by atoms with Crippen LogP contribution < -0.4 is 5.73 Å². The van der Waals surface area contributed by atoms with Crippen LogP contribution in [0.25, 0.3) is 0 Å². The van der Waals surface area contributed by atoms with Gasteiger partial charge >= 0.3 is 6.18 Å². The fourth-order valence-electron chi connectivity index (χ4n) is 1.37. The van der Waals surface area contributed by atoms with Crippen molar-refractivity contribution in [3.63, 3.8) is 0 Å². The van der Waals surface area contributed by atoms with Crippen LogP contribution in [0, 0.1) is 0 Å². The molecule has 0 saturated heterocycles. The summed E-state index contributed by atoms with van der Waals surface area (Å²) in [5, 5.41) is 0. The first-order valence-electron chi connectivity index (χ1n) is 5.04. The van der Waals surface area contributed by atoms with Gasteiger partial charge in [-0.25, -0.2) is 0 Å². The highest BCUT2D eigenvalue weighted by Gasteiger charge is 2.32. The molecule has 17 heavy (non-hydrogen) atoms. The van der Waals surface area contributed by atoms with Crippen molar-refractivity contribution in [2.45, 2.75) is 32.4 Å². The molecule has 0 aliphatic rings. The van der Waals surface area contributed by atoms with Crippen molar-refractivity contribution in [1.29, 1.82) is 0 Å². The molecule has 0 fully saturated rings. The highest BCUT2D eigenvalue weighted by molar-refractivity contribution is 7.80. The van der Waals surface area contributed by atoms with Crippen molar-refractivity contribution in [2.24, 2.45) is 5.73 Å². The molecule has 0 aliphatic carbocycles. The van der Waals surface area contributed by atoms with Gasteiger partial charge in [-0.3, -0.25) is 0 Å². The predicted octanol–water partition coefficient (Wildman–Crippen LogP) is 3.64. The van der Waals surface area contributed by atoms with Crippen LogP contribution in [-0.2, 0) is 11.6 Å². The summed E-state index contributed by atoms with van der Waals surface area (Å²) < 4.78 is 38.1. The van der Waals surface area contributed by atoms with E-state index in [9.17, 15) is 13.2 Å². The molecule has 1 nitrogen and oxygen atoms in total. The Hall–Kier alpha value is -1.10. The standard InChI is InChI=1S/C12H14F3NS/c1-11(2,3)8-4-7(10(16)17)5-9(6-8)12(13,14)15/h4-6H,1-3H3,(H2,16,17). The summed E-state index contributed by atoms with van der Waals surface area (Å²) in [6.45, 7) is 5.52. The minimum atomic E-state index is -4.39. The van der Waals surface area contributed by atoms with Crippen molar-refractivity contribution < 1.29 is 13.2 Å². The zero-order chi connectivity index (χ0) is 13.4. The summed E-state index contributed by atoms with van der Waals surface area (Å²) in [6.07, 6.45) is -4.39. The van der Waals surface area contributed by atoms with E-state index < -0.39 is 11.7 Å². The molecule has 0 radical (unpaired) electrons. The van der Waals surface area contributed by atoms with Crippen LogP contribution in [0.15, 0.2) is 18.2 Å². The lowest BCUT2D eigenvalue weighted by Crippen LogP contribution is -2.18. The third-order valence-electron chi connectivity index (χ3n) is 2.41. The Morgan fingerprint density at radius 2 is 1.53 bits per heavy atom. The number of halogens is 3. The Labute approximate surface area is 104 Å². The maximum atomic E-state index is 12.7. The molecule has 0 spiro atoms. The molecular formula is C12H14F3NS. The van der Waals surface area contributed by atoms with Gasteiger partial charge in [-0.05, 0) is 29.2 Å². The fourth-order valence-corrected chi connectivity index (χ4v) is 1.48. The van der Waals surface area contributed by atoms with E-state index >= 15 is 0 Å². The van der Waals surface area contributed by atoms with Crippen LogP contribution in [-0.4, -0.2) is 4.99 Å². The lowest BCUT2D eigenvalue weighted by atomic mass is 9.85. The fraction of sp³-hybridized carbons (Fsp3) is 0.417. The van der Waals surface area contributed by atoms with Crippen molar-refractivity contribution in [1.82, 2.24) is 0 Å². The molecule has 1 aromatic carbocycles. The molecule has 0 unspecified atom stereocenters. The van der Waals surface area contributed by atoms with Crippen LogP contribution in [0.4, 0.5) is 13.2 Å². The van der Waals surface area contributed by atoms with E-state index in [1.54, 1.807) is 6.07 Å². The molecule has 5 heteroatoms. The molecule has 0 atom stereocenters. The average molecular weight is 261 g/mol. The van der Waals surface area contributed by atoms with Crippen molar-refractivity contribution in [3.05, 3.63) is 34.9 Å². The SMILES string of the molecule is CC(C)(C)c1cc(C(N)=S)cc(C(F)(F)F)c1. The normalized spacial score (nSPS) is 12.6. The van der Waals surface area contributed by atoms with Gasteiger partial charge in [-0.1, -0.05) is 33.0 Å². The van der Waals surface area contributed by atoms with Gasteiger partial charge < -0.3 is 5.73 Å². The maximum Gasteiger partial charge on any atom is 0.416 e. The molecule has 1 aromatic rings. The van der Waals surface area contributed by atoms with Gasteiger partial charge in [0.05, 0.1) is 5.56 Å². The first-order valence-corrected chi connectivity index (χ1v) is 5.45. The van der Waals surface area contributed by atoms with Crippen LogP contribution in [0.1, 0.15) is 37.5 Å². The van der Waals surface area contributed by atoms with E-state index in [1.165, 1.54) is 0 Å². The van der Waals surface area contributed by atoms with Gasteiger partial charge in [0.1, 0.15) is 4.99 Å². The monoisotopic (exact) mass is 261 g/mol. The Bertz CT molecular complexity index is 412. The Morgan fingerprint density at radius 3 is 1.88 bits per heavy atom. The number of alkyl halides is 3. The summed E-state index contributed by atoms with van der Waals surface area (Å²) in [5.41, 5.74) is 5.11. The molecule has 0 heterocycles. The Balaban J connectivity index is 3.45. The molecule has 1 rings (SSSR count). The first-order chi connectivity index (χ1) is 7.51. The molecule has 94 valence electrons. The van der Waals surface area contributed by atoms with Crippen molar-refractivity contribution in [3.8, 4) is 0 Å². The van der Waals surface area contributed by atoms with E-state index in [4.69, 9.17) is 18.0 Å². The van der Waals surface area contributed by atoms with Gasteiger partial charge in [0.15, 0.2) is 0 Å². The number of hydrogen-bond acceptors (Lipinski definition) is 1. The summed E-state index contributed by atoms with van der Waals surface area (Å²) in [4.78, 5) is -0.0263. The number of nitrogens with two attached hydrogens (primary N) is 1. The number of benzene rings is 1. The van der Waals surface area contributed by atoms with E-state index in [2.05, 4.69) is 0 Å². The summed E-state index contributed by atoms with van der Waals surface area (Å²) >= 11 is 4.74. The number of hydrogen-bond donors (Lipinski definition) is 1. The lowest BCUT2D eigenvalue weighted by Gasteiger charge is -2.21. The number of rotatable bonds is 1. The molecule has 0 aliphatic heterocycles. The Morgan fingerprint density at radius 1 is 1.06 bits per heavy atom.